The van der Waals surface area contributed by atoms with Crippen molar-refractivity contribution in [3.8, 4) is 11.5 Å². The molecule has 0 saturated heterocycles. The Balaban J connectivity index is 2.72. The highest BCUT2D eigenvalue weighted by molar-refractivity contribution is 7.90. The van der Waals surface area contributed by atoms with Gasteiger partial charge in [-0.1, -0.05) is 6.07 Å². The number of hydrogen-bond donors (Lipinski definition) is 1. The highest BCUT2D eigenvalue weighted by Crippen LogP contribution is 2.54. The number of carboxylic acids is 1. The smallest absolute Gasteiger partial charge is 0.314 e. The van der Waals surface area contributed by atoms with E-state index in [-0.39, 0.29) is 16.4 Å². The summed E-state index contributed by atoms with van der Waals surface area (Å²) in [6, 6.07) is 2.87. The second kappa shape index (κ2) is 4.66. The Morgan fingerprint density at radius 1 is 1.20 bits per heavy atom. The maximum atomic E-state index is 11.7. The van der Waals surface area contributed by atoms with Gasteiger partial charge in [-0.05, 0) is 18.9 Å². The predicted molar refractivity (Wildman–Crippen MR) is 71.2 cm³/mol. The molecule has 1 aliphatic rings. The molecular weight excluding hydrogens is 284 g/mol. The van der Waals surface area contributed by atoms with Gasteiger partial charge < -0.3 is 14.6 Å². The molecule has 0 bridgehead atoms. The maximum Gasteiger partial charge on any atom is 0.314 e. The third-order valence-corrected chi connectivity index (χ3v) is 4.68. The Bertz CT molecular complexity index is 658. The number of hydrogen-bond acceptors (Lipinski definition) is 5. The molecule has 110 valence electrons. The van der Waals surface area contributed by atoms with E-state index in [2.05, 4.69) is 0 Å². The Labute approximate surface area is 117 Å². The first-order valence-corrected chi connectivity index (χ1v) is 7.86. The van der Waals surface area contributed by atoms with E-state index in [4.69, 9.17) is 9.47 Å². The lowest BCUT2D eigenvalue weighted by atomic mass is 9.95. The van der Waals surface area contributed by atoms with Gasteiger partial charge in [-0.25, -0.2) is 8.42 Å². The highest BCUT2D eigenvalue weighted by atomic mass is 32.2. The van der Waals surface area contributed by atoms with Crippen LogP contribution in [0.5, 0.6) is 11.5 Å². The van der Waals surface area contributed by atoms with Gasteiger partial charge in [0.2, 0.25) is 0 Å². The van der Waals surface area contributed by atoms with Gasteiger partial charge in [-0.15, -0.1) is 0 Å². The van der Waals surface area contributed by atoms with Gasteiger partial charge in [-0.3, -0.25) is 4.79 Å². The molecule has 0 atom stereocenters. The summed E-state index contributed by atoms with van der Waals surface area (Å²) in [6.45, 7) is 0. The summed E-state index contributed by atoms with van der Waals surface area (Å²) in [7, 11) is -0.796. The average Bonchev–Trinajstić information content (AvgIpc) is 3.16. The first-order chi connectivity index (χ1) is 9.28. The average molecular weight is 300 g/mol. The monoisotopic (exact) mass is 300 g/mol. The van der Waals surface area contributed by atoms with Crippen molar-refractivity contribution in [2.75, 3.05) is 20.5 Å². The number of aliphatic carboxylic acids is 1. The van der Waals surface area contributed by atoms with Crippen molar-refractivity contribution in [2.45, 2.75) is 23.2 Å². The second-order valence-electron chi connectivity index (χ2n) is 4.84. The molecule has 1 fully saturated rings. The number of methoxy groups -OCH3 is 2. The molecule has 0 amide bonds. The van der Waals surface area contributed by atoms with Crippen LogP contribution in [0.1, 0.15) is 18.4 Å². The van der Waals surface area contributed by atoms with Crippen LogP contribution in [0.2, 0.25) is 0 Å². The van der Waals surface area contributed by atoms with Crippen LogP contribution in [-0.4, -0.2) is 40.0 Å². The number of benzene rings is 1. The van der Waals surface area contributed by atoms with E-state index in [1.807, 2.05) is 0 Å². The number of carbonyl (C=O) groups is 1. The fraction of sp³-hybridized carbons (Fsp3) is 0.462. The summed E-state index contributed by atoms with van der Waals surface area (Å²) in [5.74, 6) is -0.708. The quantitative estimate of drug-likeness (QED) is 0.879. The van der Waals surface area contributed by atoms with Crippen LogP contribution in [0.25, 0.3) is 0 Å². The van der Waals surface area contributed by atoms with Gasteiger partial charge in [0.25, 0.3) is 0 Å². The molecule has 1 aromatic rings. The third kappa shape index (κ3) is 2.11. The highest BCUT2D eigenvalue weighted by Gasteiger charge is 2.54. The minimum Gasteiger partial charge on any atom is -0.492 e. The molecule has 2 rings (SSSR count). The summed E-state index contributed by atoms with van der Waals surface area (Å²) >= 11 is 0. The van der Waals surface area contributed by atoms with E-state index >= 15 is 0 Å². The molecule has 0 heterocycles. The van der Waals surface area contributed by atoms with E-state index in [0.29, 0.717) is 18.4 Å². The maximum absolute atomic E-state index is 11.7. The molecule has 0 unspecified atom stereocenters. The van der Waals surface area contributed by atoms with Crippen molar-refractivity contribution in [3.05, 3.63) is 17.7 Å². The first-order valence-electron chi connectivity index (χ1n) is 5.97. The van der Waals surface area contributed by atoms with Crippen molar-refractivity contribution in [1.82, 2.24) is 0 Å². The Morgan fingerprint density at radius 3 is 2.10 bits per heavy atom. The van der Waals surface area contributed by atoms with E-state index in [0.717, 1.165) is 6.26 Å². The summed E-state index contributed by atoms with van der Waals surface area (Å²) in [5.41, 5.74) is -0.536. The zero-order chi connectivity index (χ0) is 15.1. The normalized spacial score (nSPS) is 16.6. The van der Waals surface area contributed by atoms with Gasteiger partial charge >= 0.3 is 5.97 Å². The van der Waals surface area contributed by atoms with Gasteiger partial charge in [0.15, 0.2) is 21.3 Å². The van der Waals surface area contributed by atoms with Crippen LogP contribution >= 0.6 is 0 Å². The van der Waals surface area contributed by atoms with Crippen LogP contribution in [0.15, 0.2) is 17.0 Å². The van der Waals surface area contributed by atoms with Crippen LogP contribution < -0.4 is 9.47 Å². The zero-order valence-corrected chi connectivity index (χ0v) is 12.3. The summed E-state index contributed by atoms with van der Waals surface area (Å²) in [6.07, 6.45) is 2.06. The van der Waals surface area contributed by atoms with Gasteiger partial charge in [-0.2, -0.15) is 0 Å². The third-order valence-electron chi connectivity index (χ3n) is 3.56. The molecular formula is C13H16O6S. The van der Waals surface area contributed by atoms with Crippen molar-refractivity contribution in [2.24, 2.45) is 0 Å². The van der Waals surface area contributed by atoms with Gasteiger partial charge in [0.1, 0.15) is 4.90 Å². The SMILES string of the molecule is COc1c(C2(C(=O)O)CC2)ccc(S(C)(=O)=O)c1OC. The molecule has 7 heteroatoms. The molecule has 0 spiro atoms. The van der Waals surface area contributed by atoms with Crippen molar-refractivity contribution in [3.63, 3.8) is 0 Å². The van der Waals surface area contributed by atoms with E-state index < -0.39 is 21.2 Å². The molecule has 1 saturated carbocycles. The lowest BCUT2D eigenvalue weighted by molar-refractivity contribution is -0.140. The van der Waals surface area contributed by atoms with Gasteiger partial charge in [0.05, 0.1) is 19.6 Å². The fourth-order valence-electron chi connectivity index (χ4n) is 2.33. The summed E-state index contributed by atoms with van der Waals surface area (Å²) in [4.78, 5) is 11.4. The van der Waals surface area contributed by atoms with Crippen LogP contribution in [0.4, 0.5) is 0 Å². The molecule has 1 aromatic carbocycles. The standard InChI is InChI=1S/C13H16O6S/c1-18-10-8(13(6-7-13)12(14)15)4-5-9(11(10)19-2)20(3,16)17/h4-5H,6-7H2,1-3H3,(H,14,15). The minimum absolute atomic E-state index is 0.0122. The molecule has 1 N–H and O–H groups in total. The van der Waals surface area contributed by atoms with E-state index in [1.165, 1.54) is 26.4 Å². The van der Waals surface area contributed by atoms with Crippen LogP contribution in [0, 0.1) is 0 Å². The van der Waals surface area contributed by atoms with Crippen molar-refractivity contribution in [1.29, 1.82) is 0 Å². The Kier molecular flexibility index (Phi) is 3.41. The molecule has 1 aliphatic carbocycles. The summed E-state index contributed by atoms with van der Waals surface area (Å²) < 4.78 is 33.8. The van der Waals surface area contributed by atoms with Crippen LogP contribution in [-0.2, 0) is 20.0 Å². The molecule has 6 nitrogen and oxygen atoms in total. The number of sulfone groups is 1. The second-order valence-corrected chi connectivity index (χ2v) is 6.82. The summed E-state index contributed by atoms with van der Waals surface area (Å²) in [5, 5.41) is 9.36. The number of carboxylic acid groups (broad SMARTS) is 1. The lowest BCUT2D eigenvalue weighted by Crippen LogP contribution is -2.21. The largest absolute Gasteiger partial charge is 0.492 e. The topological polar surface area (TPSA) is 89.9 Å². The number of ether oxygens (including phenoxy) is 2. The van der Waals surface area contributed by atoms with Crippen molar-refractivity contribution < 1.29 is 27.8 Å². The Morgan fingerprint density at radius 2 is 1.75 bits per heavy atom. The first kappa shape index (κ1) is 14.6. The molecule has 0 aromatic heterocycles. The van der Waals surface area contributed by atoms with Crippen LogP contribution in [0.3, 0.4) is 0 Å². The van der Waals surface area contributed by atoms with E-state index in [9.17, 15) is 18.3 Å². The predicted octanol–water partition coefficient (Wildman–Crippen LogP) is 1.22. The lowest BCUT2D eigenvalue weighted by Gasteiger charge is -2.19. The molecule has 0 aliphatic heterocycles. The minimum atomic E-state index is -3.49. The zero-order valence-electron chi connectivity index (χ0n) is 11.5. The fourth-order valence-corrected chi connectivity index (χ4v) is 3.16. The number of rotatable bonds is 5. The molecule has 0 radical (unpaired) electrons. The van der Waals surface area contributed by atoms with Gasteiger partial charge in [0, 0.05) is 11.8 Å². The van der Waals surface area contributed by atoms with E-state index in [1.54, 1.807) is 0 Å². The molecule has 20 heavy (non-hydrogen) atoms. The Hall–Kier alpha value is -1.76. The van der Waals surface area contributed by atoms with Crippen molar-refractivity contribution >= 4 is 15.8 Å².